The van der Waals surface area contributed by atoms with E-state index in [9.17, 15) is 4.39 Å². The van der Waals surface area contributed by atoms with Gasteiger partial charge in [-0.15, -0.1) is 0 Å². The highest BCUT2D eigenvalue weighted by Crippen LogP contribution is 2.38. The molecule has 1 aliphatic rings. The van der Waals surface area contributed by atoms with E-state index in [2.05, 4.69) is 15.9 Å². The molecule has 1 atom stereocenters. The van der Waals surface area contributed by atoms with Crippen molar-refractivity contribution in [1.29, 1.82) is 0 Å². The molecule has 2 rings (SSSR count). The third kappa shape index (κ3) is 3.21. The van der Waals surface area contributed by atoms with Gasteiger partial charge in [-0.25, -0.2) is 4.39 Å². The Morgan fingerprint density at radius 3 is 2.88 bits per heavy atom. The molecule has 0 spiro atoms. The average molecular weight is 306 g/mol. The molecule has 16 heavy (non-hydrogen) atoms. The van der Waals surface area contributed by atoms with Crippen molar-refractivity contribution in [3.8, 4) is 0 Å². The monoisotopic (exact) mass is 304 g/mol. The molecule has 0 bridgehead atoms. The van der Waals surface area contributed by atoms with Crippen LogP contribution in [0.15, 0.2) is 18.2 Å². The van der Waals surface area contributed by atoms with Gasteiger partial charge in [0.2, 0.25) is 0 Å². The zero-order valence-corrected chi connectivity index (χ0v) is 11.4. The Balaban J connectivity index is 1.82. The van der Waals surface area contributed by atoms with Crippen molar-refractivity contribution in [3.63, 3.8) is 0 Å². The molecule has 0 saturated heterocycles. The molecule has 0 aromatic heterocycles. The fourth-order valence-electron chi connectivity index (χ4n) is 1.92. The van der Waals surface area contributed by atoms with Gasteiger partial charge in [0.15, 0.2) is 0 Å². The molecule has 1 fully saturated rings. The first-order valence-corrected chi connectivity index (χ1v) is 7.05. The fraction of sp³-hybridized carbons (Fsp3) is 0.538. The molecular formula is C13H15BrClF. The van der Waals surface area contributed by atoms with Gasteiger partial charge >= 0.3 is 0 Å². The average Bonchev–Trinajstić information content (AvgIpc) is 3.07. The van der Waals surface area contributed by atoms with Crippen molar-refractivity contribution < 1.29 is 4.39 Å². The van der Waals surface area contributed by atoms with Crippen LogP contribution in [0.2, 0.25) is 5.02 Å². The molecule has 1 aliphatic carbocycles. The molecule has 0 radical (unpaired) electrons. The molecule has 1 aromatic rings. The van der Waals surface area contributed by atoms with Crippen LogP contribution in [-0.2, 0) is 6.42 Å². The third-order valence-electron chi connectivity index (χ3n) is 3.09. The maximum absolute atomic E-state index is 13.2. The molecule has 0 nitrogen and oxygen atoms in total. The predicted octanol–water partition coefficient (Wildman–Crippen LogP) is 4.98. The second-order valence-electron chi connectivity index (χ2n) is 4.46. The minimum Gasteiger partial charge on any atom is -0.205 e. The molecule has 0 amide bonds. The second-order valence-corrected chi connectivity index (χ2v) is 6.01. The molecule has 0 heterocycles. The molecule has 1 saturated carbocycles. The Hall–Kier alpha value is -0.0800. The number of benzene rings is 1. The Morgan fingerprint density at radius 2 is 2.19 bits per heavy atom. The number of alkyl halides is 1. The van der Waals surface area contributed by atoms with E-state index in [1.165, 1.54) is 18.9 Å². The minimum atomic E-state index is -0.309. The summed E-state index contributed by atoms with van der Waals surface area (Å²) < 4.78 is 13.2. The molecule has 1 unspecified atom stereocenters. The minimum absolute atomic E-state index is 0.292. The van der Waals surface area contributed by atoms with Gasteiger partial charge in [-0.3, -0.25) is 0 Å². The first-order chi connectivity index (χ1) is 7.68. The summed E-state index contributed by atoms with van der Waals surface area (Å²) in [5.74, 6) is 0.569. The van der Waals surface area contributed by atoms with E-state index < -0.39 is 0 Å². The van der Waals surface area contributed by atoms with Crippen molar-refractivity contribution in [3.05, 3.63) is 34.6 Å². The number of aryl methyl sites for hydroxylation is 1. The normalized spacial score (nSPS) is 17.4. The largest absolute Gasteiger partial charge is 0.205 e. The third-order valence-corrected chi connectivity index (χ3v) is 4.72. The Kier molecular flexibility index (Phi) is 4.26. The van der Waals surface area contributed by atoms with Gasteiger partial charge in [0, 0.05) is 4.83 Å². The van der Waals surface area contributed by atoms with Crippen LogP contribution >= 0.6 is 27.5 Å². The van der Waals surface area contributed by atoms with Crippen molar-refractivity contribution in [2.24, 2.45) is 5.92 Å². The van der Waals surface area contributed by atoms with E-state index in [1.807, 2.05) is 6.07 Å². The van der Waals surface area contributed by atoms with E-state index in [1.54, 1.807) is 6.07 Å². The van der Waals surface area contributed by atoms with Crippen LogP contribution in [0.5, 0.6) is 0 Å². The Bertz CT molecular complexity index is 363. The van der Waals surface area contributed by atoms with Gasteiger partial charge in [0.1, 0.15) is 5.82 Å². The molecule has 3 heteroatoms. The maximum Gasteiger partial charge on any atom is 0.142 e. The van der Waals surface area contributed by atoms with Crippen LogP contribution < -0.4 is 0 Å². The van der Waals surface area contributed by atoms with Crippen LogP contribution in [0.25, 0.3) is 0 Å². The summed E-state index contributed by atoms with van der Waals surface area (Å²) in [6.45, 7) is 0. The van der Waals surface area contributed by atoms with Crippen molar-refractivity contribution in [1.82, 2.24) is 0 Å². The molecule has 0 aliphatic heterocycles. The highest BCUT2D eigenvalue weighted by Gasteiger charge is 2.28. The van der Waals surface area contributed by atoms with E-state index in [0.717, 1.165) is 30.7 Å². The smallest absolute Gasteiger partial charge is 0.142 e. The van der Waals surface area contributed by atoms with Crippen LogP contribution in [-0.4, -0.2) is 4.83 Å². The number of halogens is 3. The maximum atomic E-state index is 13.2. The van der Waals surface area contributed by atoms with Crippen LogP contribution in [0.3, 0.4) is 0 Å². The summed E-state index contributed by atoms with van der Waals surface area (Å²) in [6.07, 6.45) is 5.80. The number of hydrogen-bond donors (Lipinski definition) is 0. The first-order valence-electron chi connectivity index (χ1n) is 5.75. The van der Waals surface area contributed by atoms with Crippen LogP contribution in [0.1, 0.15) is 31.2 Å². The standard InChI is InChI=1S/C13H15BrClF/c14-11(9-7-8-9)5-1-3-10-4-2-6-12(16)13(10)15/h2,4,6,9,11H,1,3,5,7-8H2. The van der Waals surface area contributed by atoms with E-state index in [0.29, 0.717) is 9.85 Å². The van der Waals surface area contributed by atoms with Crippen LogP contribution in [0.4, 0.5) is 4.39 Å². The molecular weight excluding hydrogens is 290 g/mol. The summed E-state index contributed by atoms with van der Waals surface area (Å²) in [4.78, 5) is 0.639. The lowest BCUT2D eigenvalue weighted by atomic mass is 10.1. The summed E-state index contributed by atoms with van der Waals surface area (Å²) in [6, 6.07) is 5.04. The first kappa shape index (κ1) is 12.4. The van der Waals surface area contributed by atoms with E-state index in [-0.39, 0.29) is 5.82 Å². The lowest BCUT2D eigenvalue weighted by Gasteiger charge is -2.08. The van der Waals surface area contributed by atoms with Gasteiger partial charge in [0.05, 0.1) is 5.02 Å². The Labute approximate surface area is 109 Å². The van der Waals surface area contributed by atoms with E-state index in [4.69, 9.17) is 11.6 Å². The van der Waals surface area contributed by atoms with Gasteiger partial charge in [-0.2, -0.15) is 0 Å². The molecule has 1 aromatic carbocycles. The van der Waals surface area contributed by atoms with Gasteiger partial charge in [-0.1, -0.05) is 39.7 Å². The lowest BCUT2D eigenvalue weighted by Crippen LogP contribution is -2.01. The summed E-state index contributed by atoms with van der Waals surface area (Å²) >= 11 is 9.60. The fourth-order valence-corrected chi connectivity index (χ4v) is 3.00. The highest BCUT2D eigenvalue weighted by molar-refractivity contribution is 9.09. The lowest BCUT2D eigenvalue weighted by molar-refractivity contribution is 0.620. The Morgan fingerprint density at radius 1 is 1.44 bits per heavy atom. The molecule has 0 N–H and O–H groups in total. The predicted molar refractivity (Wildman–Crippen MR) is 69.8 cm³/mol. The quantitative estimate of drug-likeness (QED) is 0.673. The van der Waals surface area contributed by atoms with Crippen molar-refractivity contribution in [2.75, 3.05) is 0 Å². The van der Waals surface area contributed by atoms with E-state index >= 15 is 0 Å². The summed E-state index contributed by atoms with van der Waals surface area (Å²) in [5.41, 5.74) is 0.928. The highest BCUT2D eigenvalue weighted by atomic mass is 79.9. The van der Waals surface area contributed by atoms with Crippen molar-refractivity contribution in [2.45, 2.75) is 36.9 Å². The number of hydrogen-bond acceptors (Lipinski definition) is 0. The summed E-state index contributed by atoms with van der Waals surface area (Å²) in [5, 5.41) is 0.292. The van der Waals surface area contributed by atoms with Gasteiger partial charge < -0.3 is 0 Å². The zero-order chi connectivity index (χ0) is 11.5. The molecule has 88 valence electrons. The zero-order valence-electron chi connectivity index (χ0n) is 9.06. The SMILES string of the molecule is Fc1cccc(CCCC(Br)C2CC2)c1Cl. The van der Waals surface area contributed by atoms with Gasteiger partial charge in [0.25, 0.3) is 0 Å². The number of rotatable bonds is 5. The van der Waals surface area contributed by atoms with Crippen molar-refractivity contribution >= 4 is 27.5 Å². The summed E-state index contributed by atoms with van der Waals surface area (Å²) in [7, 11) is 0. The van der Waals surface area contributed by atoms with Gasteiger partial charge in [-0.05, 0) is 49.7 Å². The van der Waals surface area contributed by atoms with Crippen LogP contribution in [0, 0.1) is 11.7 Å². The topological polar surface area (TPSA) is 0 Å². The second kappa shape index (κ2) is 5.50.